The lowest BCUT2D eigenvalue weighted by Gasteiger charge is -2.16. The van der Waals surface area contributed by atoms with Gasteiger partial charge in [-0.15, -0.1) is 31.7 Å². The SMILES string of the molecule is C[C@H]1CCc2sc(-c3nnc(SCc4nnc(-c5ccc(Cl)cc5)o4)o3)cc2C1. The quantitative estimate of drug-likeness (QED) is 0.353. The second-order valence-corrected chi connectivity index (χ2v) is 9.58. The monoisotopic (exact) mass is 444 g/mol. The number of hydrogen-bond acceptors (Lipinski definition) is 8. The predicted octanol–water partition coefficient (Wildman–Crippen LogP) is 5.92. The van der Waals surface area contributed by atoms with Gasteiger partial charge in [0.1, 0.15) is 0 Å². The van der Waals surface area contributed by atoms with Crippen LogP contribution in [-0.2, 0) is 18.6 Å². The molecule has 3 heterocycles. The van der Waals surface area contributed by atoms with E-state index in [4.69, 9.17) is 20.4 Å². The lowest BCUT2D eigenvalue weighted by molar-refractivity contribution is 0.465. The number of benzene rings is 1. The number of rotatable bonds is 5. The van der Waals surface area contributed by atoms with Crippen molar-refractivity contribution in [3.05, 3.63) is 51.7 Å². The third kappa shape index (κ3) is 4.10. The van der Waals surface area contributed by atoms with E-state index in [0.717, 1.165) is 29.2 Å². The molecule has 0 saturated heterocycles. The van der Waals surface area contributed by atoms with Crippen LogP contribution in [0.1, 0.15) is 29.7 Å². The van der Waals surface area contributed by atoms with Gasteiger partial charge in [0.2, 0.25) is 11.8 Å². The van der Waals surface area contributed by atoms with Gasteiger partial charge in [-0.05, 0) is 61.1 Å². The highest BCUT2D eigenvalue weighted by Gasteiger charge is 2.21. The molecule has 148 valence electrons. The second kappa shape index (κ2) is 7.93. The summed E-state index contributed by atoms with van der Waals surface area (Å²) in [5, 5.41) is 17.7. The van der Waals surface area contributed by atoms with Crippen LogP contribution in [0, 0.1) is 5.92 Å². The molecule has 1 aliphatic rings. The molecule has 0 amide bonds. The van der Waals surface area contributed by atoms with Crippen LogP contribution >= 0.6 is 34.7 Å². The number of halogens is 1. The van der Waals surface area contributed by atoms with E-state index in [-0.39, 0.29) is 0 Å². The highest BCUT2D eigenvalue weighted by atomic mass is 35.5. The fraction of sp³-hybridized carbons (Fsp3) is 0.300. The molecule has 0 fully saturated rings. The minimum Gasteiger partial charge on any atom is -0.420 e. The topological polar surface area (TPSA) is 77.8 Å². The van der Waals surface area contributed by atoms with Gasteiger partial charge in [-0.2, -0.15) is 0 Å². The van der Waals surface area contributed by atoms with Gasteiger partial charge in [-0.1, -0.05) is 30.3 Å². The molecule has 1 atom stereocenters. The van der Waals surface area contributed by atoms with Gasteiger partial charge in [0, 0.05) is 15.5 Å². The van der Waals surface area contributed by atoms with E-state index < -0.39 is 0 Å². The molecule has 4 aromatic rings. The molecule has 0 unspecified atom stereocenters. The molecule has 9 heteroatoms. The van der Waals surface area contributed by atoms with Crippen LogP contribution < -0.4 is 0 Å². The van der Waals surface area contributed by atoms with Crippen molar-refractivity contribution in [3.63, 3.8) is 0 Å². The predicted molar refractivity (Wildman–Crippen MR) is 113 cm³/mol. The minimum absolute atomic E-state index is 0.459. The van der Waals surface area contributed by atoms with Crippen molar-refractivity contribution in [2.75, 3.05) is 0 Å². The van der Waals surface area contributed by atoms with Gasteiger partial charge in [0.05, 0.1) is 10.6 Å². The Morgan fingerprint density at radius 1 is 1.10 bits per heavy atom. The maximum atomic E-state index is 5.91. The van der Waals surface area contributed by atoms with Gasteiger partial charge in [0.15, 0.2) is 0 Å². The van der Waals surface area contributed by atoms with Crippen molar-refractivity contribution in [2.24, 2.45) is 5.92 Å². The third-order valence-corrected chi connectivity index (χ3v) is 7.10. The fourth-order valence-corrected chi connectivity index (χ4v) is 5.18. The number of aryl methyl sites for hydroxylation is 1. The number of fused-ring (bicyclic) bond motifs is 1. The summed E-state index contributed by atoms with van der Waals surface area (Å²) in [7, 11) is 0. The zero-order valence-electron chi connectivity index (χ0n) is 15.6. The summed E-state index contributed by atoms with van der Waals surface area (Å²) >= 11 is 9.06. The molecule has 5 rings (SSSR count). The van der Waals surface area contributed by atoms with Crippen molar-refractivity contribution >= 4 is 34.7 Å². The van der Waals surface area contributed by atoms with E-state index in [2.05, 4.69) is 33.4 Å². The lowest BCUT2D eigenvalue weighted by atomic mass is 9.90. The molecule has 3 aromatic heterocycles. The Labute approximate surface area is 180 Å². The highest BCUT2D eigenvalue weighted by Crippen LogP contribution is 2.37. The minimum atomic E-state index is 0.459. The molecular formula is C20H17ClN4O2S2. The third-order valence-electron chi connectivity index (χ3n) is 4.82. The molecule has 1 aromatic carbocycles. The summed E-state index contributed by atoms with van der Waals surface area (Å²) < 4.78 is 11.6. The molecule has 0 N–H and O–H groups in total. The van der Waals surface area contributed by atoms with Crippen LogP contribution in [0.2, 0.25) is 5.02 Å². The second-order valence-electron chi connectivity index (χ2n) is 7.08. The van der Waals surface area contributed by atoms with Gasteiger partial charge >= 0.3 is 0 Å². The summed E-state index contributed by atoms with van der Waals surface area (Å²) in [6, 6.07) is 9.47. The van der Waals surface area contributed by atoms with Gasteiger partial charge in [0.25, 0.3) is 11.1 Å². The molecule has 1 aliphatic carbocycles. The van der Waals surface area contributed by atoms with Crippen molar-refractivity contribution < 1.29 is 8.83 Å². The molecule has 0 aliphatic heterocycles. The maximum Gasteiger partial charge on any atom is 0.277 e. The molecular weight excluding hydrogens is 428 g/mol. The Balaban J connectivity index is 1.25. The Morgan fingerprint density at radius 2 is 1.93 bits per heavy atom. The smallest absolute Gasteiger partial charge is 0.277 e. The van der Waals surface area contributed by atoms with E-state index in [1.165, 1.54) is 28.6 Å². The van der Waals surface area contributed by atoms with Crippen molar-refractivity contribution in [3.8, 4) is 22.2 Å². The standard InChI is InChI=1S/C20H17ClN4O2S2/c1-11-2-7-15-13(8-11)9-16(29-15)19-24-25-20(27-19)28-10-17-22-23-18(26-17)12-3-5-14(21)6-4-12/h3-6,9,11H,2,7-8,10H2,1H3/t11-/m0/s1. The van der Waals surface area contributed by atoms with Crippen molar-refractivity contribution in [1.82, 2.24) is 20.4 Å². The van der Waals surface area contributed by atoms with E-state index >= 15 is 0 Å². The molecule has 0 bridgehead atoms. The Morgan fingerprint density at radius 3 is 2.79 bits per heavy atom. The first-order valence-electron chi connectivity index (χ1n) is 9.30. The summed E-state index contributed by atoms with van der Waals surface area (Å²) in [4.78, 5) is 2.50. The maximum absolute atomic E-state index is 5.91. The summed E-state index contributed by atoms with van der Waals surface area (Å²) in [6.07, 6.45) is 3.53. The number of hydrogen-bond donors (Lipinski definition) is 0. The van der Waals surface area contributed by atoms with Crippen LogP contribution in [0.4, 0.5) is 0 Å². The largest absolute Gasteiger partial charge is 0.420 e. The Hall–Kier alpha value is -2.16. The number of thioether (sulfide) groups is 1. The number of aromatic nitrogens is 4. The first-order valence-corrected chi connectivity index (χ1v) is 11.5. The van der Waals surface area contributed by atoms with Gasteiger partial charge in [-0.25, -0.2) is 0 Å². The van der Waals surface area contributed by atoms with Crippen LogP contribution in [0.3, 0.4) is 0 Å². The van der Waals surface area contributed by atoms with Gasteiger partial charge < -0.3 is 8.83 Å². The van der Waals surface area contributed by atoms with E-state index in [1.807, 2.05) is 12.1 Å². The Kier molecular flexibility index (Phi) is 5.15. The zero-order chi connectivity index (χ0) is 19.8. The summed E-state index contributed by atoms with van der Waals surface area (Å²) in [5.41, 5.74) is 2.26. The average Bonchev–Trinajstić information content (AvgIpc) is 3.45. The van der Waals surface area contributed by atoms with E-state index in [9.17, 15) is 0 Å². The zero-order valence-corrected chi connectivity index (χ0v) is 18.0. The molecule has 0 radical (unpaired) electrons. The number of nitrogens with zero attached hydrogens (tertiary/aromatic N) is 4. The van der Waals surface area contributed by atoms with Crippen LogP contribution in [-0.4, -0.2) is 20.4 Å². The fourth-order valence-electron chi connectivity index (χ4n) is 3.32. The first-order chi connectivity index (χ1) is 14.1. The van der Waals surface area contributed by atoms with Crippen molar-refractivity contribution in [2.45, 2.75) is 37.2 Å². The first kappa shape index (κ1) is 18.8. The lowest BCUT2D eigenvalue weighted by Crippen LogP contribution is -2.07. The van der Waals surface area contributed by atoms with E-state index in [1.54, 1.807) is 23.5 Å². The van der Waals surface area contributed by atoms with Gasteiger partial charge in [-0.3, -0.25) is 0 Å². The average molecular weight is 445 g/mol. The summed E-state index contributed by atoms with van der Waals surface area (Å²) in [5.74, 6) is 2.74. The van der Waals surface area contributed by atoms with Crippen molar-refractivity contribution in [1.29, 1.82) is 0 Å². The number of thiophene rings is 1. The Bertz CT molecular complexity index is 1140. The highest BCUT2D eigenvalue weighted by molar-refractivity contribution is 7.98. The summed E-state index contributed by atoms with van der Waals surface area (Å²) in [6.45, 7) is 2.30. The molecule has 0 spiro atoms. The molecule has 6 nitrogen and oxygen atoms in total. The van der Waals surface area contributed by atoms with Crippen LogP contribution in [0.25, 0.3) is 22.2 Å². The van der Waals surface area contributed by atoms with Crippen LogP contribution in [0.5, 0.6) is 0 Å². The molecule has 0 saturated carbocycles. The molecule has 29 heavy (non-hydrogen) atoms. The van der Waals surface area contributed by atoms with Crippen LogP contribution in [0.15, 0.2) is 44.4 Å². The van der Waals surface area contributed by atoms with E-state index in [0.29, 0.717) is 33.7 Å². The normalized spacial score (nSPS) is 16.1.